The minimum atomic E-state index is -0.827. The van der Waals surface area contributed by atoms with Crippen molar-refractivity contribution in [1.82, 2.24) is 4.90 Å². The SMILES string of the molecule is CCCOc1cccc(C2C(=C([O-])c3ccc4c(c3)CC(C)O4)C(=O)C(=O)N2Cc2ccc[nH+]c2)c1. The van der Waals surface area contributed by atoms with Crippen LogP contribution < -0.4 is 19.6 Å². The Morgan fingerprint density at radius 2 is 2.03 bits per heavy atom. The standard InChI is InChI=1S/C29H28N2O5/c1-3-12-35-23-8-4-7-20(15-23)26-25(27(32)21-9-10-24-22(14-21)13-18(2)36-24)28(33)29(34)31(26)17-19-6-5-11-30-16-19/h4-11,14-16,18,26,32H,3,12-13,17H2,1-2H3. The number of fused-ring (bicyclic) bond motifs is 1. The van der Waals surface area contributed by atoms with E-state index >= 15 is 0 Å². The number of nitrogens with zero attached hydrogens (tertiary/aromatic N) is 1. The molecule has 36 heavy (non-hydrogen) atoms. The molecule has 7 heteroatoms. The second-order valence-electron chi connectivity index (χ2n) is 9.20. The Morgan fingerprint density at radius 1 is 1.17 bits per heavy atom. The van der Waals surface area contributed by atoms with E-state index in [9.17, 15) is 14.7 Å². The van der Waals surface area contributed by atoms with Gasteiger partial charge in [-0.05, 0) is 60.4 Å². The predicted octanol–water partition coefficient (Wildman–Crippen LogP) is 3.04. The summed E-state index contributed by atoms with van der Waals surface area (Å²) in [7, 11) is 0. The number of aromatic nitrogens is 1. The molecule has 2 aliphatic rings. The van der Waals surface area contributed by atoms with Gasteiger partial charge in [0.2, 0.25) is 5.78 Å². The predicted molar refractivity (Wildman–Crippen MR) is 131 cm³/mol. The van der Waals surface area contributed by atoms with Crippen LogP contribution in [0.1, 0.15) is 48.6 Å². The maximum Gasteiger partial charge on any atom is 0.295 e. The van der Waals surface area contributed by atoms with Gasteiger partial charge in [-0.1, -0.05) is 30.9 Å². The molecule has 5 rings (SSSR count). The van der Waals surface area contributed by atoms with Crippen LogP contribution in [0.4, 0.5) is 0 Å². The van der Waals surface area contributed by atoms with Gasteiger partial charge in [0, 0.05) is 23.6 Å². The van der Waals surface area contributed by atoms with E-state index in [1.807, 2.05) is 50.2 Å². The third-order valence-electron chi connectivity index (χ3n) is 6.46. The van der Waals surface area contributed by atoms with E-state index in [1.54, 1.807) is 30.6 Å². The van der Waals surface area contributed by atoms with Crippen LogP contribution in [-0.2, 0) is 22.6 Å². The molecule has 0 spiro atoms. The van der Waals surface area contributed by atoms with Gasteiger partial charge in [-0.3, -0.25) is 9.59 Å². The first-order valence-corrected chi connectivity index (χ1v) is 12.2. The van der Waals surface area contributed by atoms with Crippen molar-refractivity contribution >= 4 is 17.4 Å². The summed E-state index contributed by atoms with van der Waals surface area (Å²) in [6, 6.07) is 15.4. The van der Waals surface area contributed by atoms with Crippen molar-refractivity contribution in [3.8, 4) is 11.5 Å². The average molecular weight is 485 g/mol. The fourth-order valence-electron chi connectivity index (χ4n) is 4.82. The summed E-state index contributed by atoms with van der Waals surface area (Å²) in [5, 5.41) is 13.8. The summed E-state index contributed by atoms with van der Waals surface area (Å²) in [5.74, 6) is -0.524. The number of likely N-dealkylation sites (tertiary alicyclic amines) is 1. The van der Waals surface area contributed by atoms with Crippen LogP contribution in [0.15, 0.2) is 72.6 Å². The molecular weight excluding hydrogens is 456 g/mol. The number of pyridine rings is 1. The molecule has 7 nitrogen and oxygen atoms in total. The van der Waals surface area contributed by atoms with Crippen molar-refractivity contribution in [2.75, 3.05) is 6.61 Å². The van der Waals surface area contributed by atoms with Gasteiger partial charge in [-0.25, -0.2) is 4.98 Å². The Morgan fingerprint density at radius 3 is 2.81 bits per heavy atom. The fourth-order valence-corrected chi connectivity index (χ4v) is 4.82. The molecule has 3 aromatic rings. The van der Waals surface area contributed by atoms with Crippen LogP contribution in [-0.4, -0.2) is 29.3 Å². The number of ketones is 1. The number of H-pyrrole nitrogens is 1. The van der Waals surface area contributed by atoms with Gasteiger partial charge in [0.05, 0.1) is 19.2 Å². The number of hydrogen-bond donors (Lipinski definition) is 0. The van der Waals surface area contributed by atoms with Gasteiger partial charge in [-0.15, -0.1) is 0 Å². The molecule has 0 bridgehead atoms. The summed E-state index contributed by atoms with van der Waals surface area (Å²) in [6.07, 6.45) is 5.11. The lowest BCUT2D eigenvalue weighted by atomic mass is 9.94. The van der Waals surface area contributed by atoms with Crippen molar-refractivity contribution in [3.63, 3.8) is 0 Å². The second-order valence-corrected chi connectivity index (χ2v) is 9.20. The summed E-state index contributed by atoms with van der Waals surface area (Å²) in [6.45, 7) is 4.71. The van der Waals surface area contributed by atoms with Crippen molar-refractivity contribution < 1.29 is 29.2 Å². The third-order valence-corrected chi connectivity index (χ3v) is 6.46. The highest BCUT2D eigenvalue weighted by Crippen LogP contribution is 2.41. The lowest BCUT2D eigenvalue weighted by Crippen LogP contribution is -2.29. The van der Waals surface area contributed by atoms with Crippen molar-refractivity contribution in [3.05, 3.63) is 94.8 Å². The van der Waals surface area contributed by atoms with Crippen molar-refractivity contribution in [2.45, 2.75) is 45.4 Å². The van der Waals surface area contributed by atoms with E-state index in [2.05, 4.69) is 4.98 Å². The van der Waals surface area contributed by atoms with Crippen LogP contribution in [0.25, 0.3) is 5.76 Å². The molecule has 1 aromatic heterocycles. The zero-order chi connectivity index (χ0) is 25.2. The first-order chi connectivity index (χ1) is 17.5. The normalized spacial score (nSPS) is 20.3. The Hall–Kier alpha value is -4.13. The van der Waals surface area contributed by atoms with Crippen LogP contribution in [0, 0.1) is 0 Å². The first kappa shape index (κ1) is 23.6. The minimum absolute atomic E-state index is 0.0319. The molecule has 0 radical (unpaired) electrons. The molecule has 1 fully saturated rings. The second kappa shape index (κ2) is 9.85. The highest BCUT2D eigenvalue weighted by molar-refractivity contribution is 6.46. The van der Waals surface area contributed by atoms with E-state index in [4.69, 9.17) is 9.47 Å². The Kier molecular flexibility index (Phi) is 6.46. The Labute approximate surface area is 210 Å². The van der Waals surface area contributed by atoms with Crippen molar-refractivity contribution in [2.24, 2.45) is 0 Å². The summed E-state index contributed by atoms with van der Waals surface area (Å²) in [5.41, 5.74) is 2.73. The van der Waals surface area contributed by atoms with Crippen LogP contribution >= 0.6 is 0 Å². The van der Waals surface area contributed by atoms with Gasteiger partial charge < -0.3 is 19.5 Å². The highest BCUT2D eigenvalue weighted by Gasteiger charge is 2.44. The molecule has 1 saturated heterocycles. The van der Waals surface area contributed by atoms with Crippen LogP contribution in [0.5, 0.6) is 11.5 Å². The molecule has 2 aliphatic heterocycles. The summed E-state index contributed by atoms with van der Waals surface area (Å²) >= 11 is 0. The van der Waals surface area contributed by atoms with Crippen molar-refractivity contribution in [1.29, 1.82) is 0 Å². The maximum atomic E-state index is 13.8. The molecule has 3 heterocycles. The largest absolute Gasteiger partial charge is 0.872 e. The number of Topliss-reactive ketones (excluding diaryl/α,β-unsaturated/α-hetero) is 1. The zero-order valence-electron chi connectivity index (χ0n) is 20.3. The monoisotopic (exact) mass is 484 g/mol. The summed E-state index contributed by atoms with van der Waals surface area (Å²) in [4.78, 5) is 31.1. The molecule has 2 atom stereocenters. The molecule has 1 N–H and O–H groups in total. The molecule has 0 saturated carbocycles. The number of carbonyl (C=O) groups is 2. The molecule has 184 valence electrons. The Bertz CT molecular complexity index is 1330. The number of aromatic amines is 1. The number of rotatable bonds is 7. The number of nitrogens with one attached hydrogen (secondary N) is 1. The van der Waals surface area contributed by atoms with Gasteiger partial charge in [0.25, 0.3) is 5.91 Å². The first-order valence-electron chi connectivity index (χ1n) is 12.2. The minimum Gasteiger partial charge on any atom is -0.872 e. The number of benzene rings is 2. The number of amides is 1. The topological polar surface area (TPSA) is 93.0 Å². The quantitative estimate of drug-likeness (QED) is 0.292. The maximum absolute atomic E-state index is 13.8. The van der Waals surface area contributed by atoms with E-state index in [1.165, 1.54) is 4.90 Å². The highest BCUT2D eigenvalue weighted by atomic mass is 16.5. The van der Waals surface area contributed by atoms with E-state index in [-0.39, 0.29) is 18.2 Å². The third kappa shape index (κ3) is 4.44. The molecule has 0 aliphatic carbocycles. The number of carbonyl (C=O) groups excluding carboxylic acids is 2. The lowest BCUT2D eigenvalue weighted by molar-refractivity contribution is -0.378. The Balaban J connectivity index is 1.61. The summed E-state index contributed by atoms with van der Waals surface area (Å²) < 4.78 is 11.6. The van der Waals surface area contributed by atoms with Gasteiger partial charge in [0.1, 0.15) is 17.6 Å². The zero-order valence-corrected chi connectivity index (χ0v) is 20.3. The van der Waals surface area contributed by atoms with Crippen LogP contribution in [0.2, 0.25) is 0 Å². The number of ether oxygens (including phenoxy) is 2. The molecule has 1 amide bonds. The average Bonchev–Trinajstić information content (AvgIpc) is 3.39. The van der Waals surface area contributed by atoms with E-state index < -0.39 is 23.5 Å². The van der Waals surface area contributed by atoms with Gasteiger partial charge in [0.15, 0.2) is 12.4 Å². The lowest BCUT2D eigenvalue weighted by Gasteiger charge is -2.27. The molecule has 2 aromatic carbocycles. The number of hydrogen-bond acceptors (Lipinski definition) is 5. The van der Waals surface area contributed by atoms with E-state index in [0.717, 1.165) is 23.3 Å². The fraction of sp³-hybridized carbons (Fsp3) is 0.276. The van der Waals surface area contributed by atoms with Gasteiger partial charge in [-0.2, -0.15) is 0 Å². The molecule has 2 unspecified atom stereocenters. The van der Waals surface area contributed by atoms with Crippen LogP contribution in [0.3, 0.4) is 0 Å². The van der Waals surface area contributed by atoms with E-state index in [0.29, 0.717) is 29.9 Å². The molecular formula is C29H28N2O5. The smallest absolute Gasteiger partial charge is 0.295 e. The van der Waals surface area contributed by atoms with Gasteiger partial charge >= 0.3 is 0 Å².